The van der Waals surface area contributed by atoms with Gasteiger partial charge in [-0.2, -0.15) is 0 Å². The highest BCUT2D eigenvalue weighted by molar-refractivity contribution is 5.87. The number of benzene rings is 8. The Labute approximate surface area is 332 Å². The minimum absolute atomic E-state index is 1.21. The standard InChI is InChI=1S/2C28H22/c2*1-5-13-23(14-6-1)27(24-15-7-2-8-16-24)21-22-28(25-17-9-3-10-18-25)26-19-11-4-12-20-26/h2*1-22H. The van der Waals surface area contributed by atoms with Crippen molar-refractivity contribution < 1.29 is 0 Å². The van der Waals surface area contributed by atoms with Gasteiger partial charge in [0.05, 0.1) is 0 Å². The molecule has 56 heavy (non-hydrogen) atoms. The first-order chi connectivity index (χ1) is 27.8. The Morgan fingerprint density at radius 1 is 0.161 bits per heavy atom. The first kappa shape index (κ1) is 37.1. The van der Waals surface area contributed by atoms with Gasteiger partial charge in [-0.3, -0.25) is 0 Å². The normalized spacial score (nSPS) is 10.1. The zero-order valence-electron chi connectivity index (χ0n) is 31.4. The minimum atomic E-state index is 1.21. The second-order valence-corrected chi connectivity index (χ2v) is 13.2. The third kappa shape index (κ3) is 10.0. The number of rotatable bonds is 10. The fraction of sp³-hybridized carbons (Fsp3) is 0. The maximum absolute atomic E-state index is 2.24. The quantitative estimate of drug-likeness (QED) is 0.124. The van der Waals surface area contributed by atoms with Crippen molar-refractivity contribution in [2.45, 2.75) is 0 Å². The Balaban J connectivity index is 0.000000172. The summed E-state index contributed by atoms with van der Waals surface area (Å²) in [6, 6.07) is 84.5. The molecular weight excluding hydrogens is 673 g/mol. The summed E-state index contributed by atoms with van der Waals surface area (Å²) in [5.41, 5.74) is 14.6. The molecule has 8 rings (SSSR count). The average Bonchev–Trinajstić information content (AvgIpc) is 3.29. The summed E-state index contributed by atoms with van der Waals surface area (Å²) in [7, 11) is 0. The van der Waals surface area contributed by atoms with E-state index in [9.17, 15) is 0 Å². The summed E-state index contributed by atoms with van der Waals surface area (Å²) in [5, 5.41) is 0. The van der Waals surface area contributed by atoms with Gasteiger partial charge in [0.2, 0.25) is 0 Å². The Bertz CT molecular complexity index is 1950. The van der Waals surface area contributed by atoms with Gasteiger partial charge in [-0.05, 0) is 66.8 Å². The Morgan fingerprint density at radius 3 is 0.375 bits per heavy atom. The van der Waals surface area contributed by atoms with Crippen LogP contribution in [-0.4, -0.2) is 0 Å². The van der Waals surface area contributed by atoms with Crippen molar-refractivity contribution in [2.75, 3.05) is 0 Å². The maximum atomic E-state index is 2.24. The van der Waals surface area contributed by atoms with Crippen molar-refractivity contribution in [3.8, 4) is 0 Å². The van der Waals surface area contributed by atoms with Gasteiger partial charge in [0, 0.05) is 0 Å². The smallest absolute Gasteiger partial charge is 0.0111 e. The molecule has 0 radical (unpaired) electrons. The monoisotopic (exact) mass is 716 g/mol. The molecule has 0 aliphatic heterocycles. The predicted molar refractivity (Wildman–Crippen MR) is 240 cm³/mol. The topological polar surface area (TPSA) is 0 Å². The van der Waals surface area contributed by atoms with Crippen LogP contribution in [0.2, 0.25) is 0 Å². The number of hydrogen-bond acceptors (Lipinski definition) is 0. The third-order valence-corrected chi connectivity index (χ3v) is 9.51. The molecule has 8 aromatic carbocycles. The molecule has 0 N–H and O–H groups in total. The lowest BCUT2D eigenvalue weighted by molar-refractivity contribution is 1.53. The van der Waals surface area contributed by atoms with Gasteiger partial charge >= 0.3 is 0 Å². The largest absolute Gasteiger partial charge is 0.0622 e. The van der Waals surface area contributed by atoms with E-state index < -0.39 is 0 Å². The van der Waals surface area contributed by atoms with E-state index in [-0.39, 0.29) is 0 Å². The van der Waals surface area contributed by atoms with Crippen LogP contribution in [0, 0.1) is 0 Å². The van der Waals surface area contributed by atoms with Crippen LogP contribution in [0.3, 0.4) is 0 Å². The van der Waals surface area contributed by atoms with Crippen LogP contribution in [0.5, 0.6) is 0 Å². The van der Waals surface area contributed by atoms with Crippen LogP contribution in [0.1, 0.15) is 44.5 Å². The molecule has 0 aliphatic rings. The Hall–Kier alpha value is -7.28. The molecule has 0 unspecified atom stereocenters. The molecule has 0 heterocycles. The first-order valence-electron chi connectivity index (χ1n) is 19.1. The maximum Gasteiger partial charge on any atom is -0.0111 e. The van der Waals surface area contributed by atoms with Crippen molar-refractivity contribution in [3.05, 3.63) is 311 Å². The highest BCUT2D eigenvalue weighted by Gasteiger charge is 2.08. The SMILES string of the molecule is C(C=C(c1ccccc1)c1ccccc1)=C(c1ccccc1)c1ccccc1.C(C=C(c1ccccc1)c1ccccc1)=C(c1ccccc1)c1ccccc1. The molecule has 0 saturated heterocycles. The zero-order valence-corrected chi connectivity index (χ0v) is 31.4. The van der Waals surface area contributed by atoms with E-state index in [1.807, 2.05) is 0 Å². The van der Waals surface area contributed by atoms with Crippen LogP contribution in [0.25, 0.3) is 22.3 Å². The first-order valence-corrected chi connectivity index (χ1v) is 19.1. The molecular formula is C56H44. The molecule has 8 aromatic rings. The molecule has 0 amide bonds. The van der Waals surface area contributed by atoms with E-state index in [4.69, 9.17) is 0 Å². The van der Waals surface area contributed by atoms with E-state index in [1.54, 1.807) is 0 Å². The van der Waals surface area contributed by atoms with Gasteiger partial charge in [0.25, 0.3) is 0 Å². The van der Waals surface area contributed by atoms with Gasteiger partial charge in [-0.25, -0.2) is 0 Å². The van der Waals surface area contributed by atoms with Gasteiger partial charge < -0.3 is 0 Å². The average molecular weight is 717 g/mol. The lowest BCUT2D eigenvalue weighted by Crippen LogP contribution is -1.89. The van der Waals surface area contributed by atoms with E-state index in [0.717, 1.165) is 0 Å². The van der Waals surface area contributed by atoms with Crippen LogP contribution >= 0.6 is 0 Å². The van der Waals surface area contributed by atoms with Gasteiger partial charge in [-0.1, -0.05) is 267 Å². The molecule has 0 aromatic heterocycles. The lowest BCUT2D eigenvalue weighted by Gasteiger charge is -2.10. The zero-order chi connectivity index (χ0) is 38.0. The van der Waals surface area contributed by atoms with E-state index in [0.29, 0.717) is 0 Å². The fourth-order valence-electron chi connectivity index (χ4n) is 6.71. The summed E-state index contributed by atoms with van der Waals surface area (Å²) in [4.78, 5) is 0. The highest BCUT2D eigenvalue weighted by atomic mass is 14.1. The van der Waals surface area contributed by atoms with Crippen LogP contribution in [0.15, 0.2) is 267 Å². The van der Waals surface area contributed by atoms with Crippen molar-refractivity contribution in [3.63, 3.8) is 0 Å². The van der Waals surface area contributed by atoms with Crippen molar-refractivity contribution in [2.24, 2.45) is 0 Å². The van der Waals surface area contributed by atoms with E-state index in [2.05, 4.69) is 267 Å². The summed E-state index contributed by atoms with van der Waals surface area (Å²) in [6.45, 7) is 0. The van der Waals surface area contributed by atoms with Crippen LogP contribution < -0.4 is 0 Å². The number of allylic oxidation sites excluding steroid dienone is 4. The van der Waals surface area contributed by atoms with Crippen LogP contribution in [0.4, 0.5) is 0 Å². The molecule has 0 spiro atoms. The van der Waals surface area contributed by atoms with E-state index >= 15 is 0 Å². The Kier molecular flexibility index (Phi) is 13.0. The van der Waals surface area contributed by atoms with Gasteiger partial charge in [0.15, 0.2) is 0 Å². The molecule has 0 saturated carbocycles. The van der Waals surface area contributed by atoms with Crippen molar-refractivity contribution in [1.82, 2.24) is 0 Å². The molecule has 0 bridgehead atoms. The van der Waals surface area contributed by atoms with Crippen molar-refractivity contribution >= 4 is 22.3 Å². The van der Waals surface area contributed by atoms with Gasteiger partial charge in [0.1, 0.15) is 0 Å². The summed E-state index contributed by atoms with van der Waals surface area (Å²) >= 11 is 0. The van der Waals surface area contributed by atoms with Crippen molar-refractivity contribution in [1.29, 1.82) is 0 Å². The van der Waals surface area contributed by atoms with E-state index in [1.165, 1.54) is 66.8 Å². The molecule has 0 fully saturated rings. The summed E-state index contributed by atoms with van der Waals surface area (Å²) in [5.74, 6) is 0. The minimum Gasteiger partial charge on any atom is -0.0622 e. The highest BCUT2D eigenvalue weighted by Crippen LogP contribution is 2.29. The predicted octanol–water partition coefficient (Wildman–Crippen LogP) is 14.5. The van der Waals surface area contributed by atoms with Crippen LogP contribution in [-0.2, 0) is 0 Å². The fourth-order valence-corrected chi connectivity index (χ4v) is 6.71. The molecule has 0 atom stereocenters. The number of hydrogen-bond donors (Lipinski definition) is 0. The summed E-state index contributed by atoms with van der Waals surface area (Å²) in [6.07, 6.45) is 8.94. The molecule has 0 heteroatoms. The molecule has 0 nitrogen and oxygen atoms in total. The third-order valence-electron chi connectivity index (χ3n) is 9.51. The second-order valence-electron chi connectivity index (χ2n) is 13.2. The van der Waals surface area contributed by atoms with Gasteiger partial charge in [-0.15, -0.1) is 0 Å². The molecule has 0 aliphatic carbocycles. The Morgan fingerprint density at radius 2 is 0.268 bits per heavy atom. The lowest BCUT2D eigenvalue weighted by atomic mass is 9.94. The second kappa shape index (κ2) is 19.7. The summed E-state index contributed by atoms with van der Waals surface area (Å²) < 4.78 is 0. The molecule has 268 valence electrons.